The minimum absolute atomic E-state index is 0.0311. The molecule has 128 valence electrons. The third kappa shape index (κ3) is 3.17. The minimum Gasteiger partial charge on any atom is -0.302 e. The molecule has 0 unspecified atom stereocenters. The van der Waals surface area contributed by atoms with Crippen molar-refractivity contribution in [3.8, 4) is 0 Å². The van der Waals surface area contributed by atoms with Crippen molar-refractivity contribution in [2.24, 2.45) is 11.3 Å². The number of likely N-dealkylation sites (tertiary alicyclic amines) is 2. The monoisotopic (exact) mass is 341 g/mol. The molecule has 6 heteroatoms. The molecule has 2 saturated heterocycles. The van der Waals surface area contributed by atoms with E-state index in [0.717, 1.165) is 29.7 Å². The number of thiazole rings is 1. The first-order valence-corrected chi connectivity index (χ1v) is 9.57. The number of hydrogen-bond donors (Lipinski definition) is 0. The number of hydrogen-bond acceptors (Lipinski definition) is 4. The van der Waals surface area contributed by atoms with Crippen molar-refractivity contribution in [2.45, 2.75) is 45.1 Å². The first-order chi connectivity index (χ1) is 11.0. The van der Waals surface area contributed by atoms with Crippen LogP contribution in [0.25, 0.3) is 0 Å². The molecule has 4 rings (SSSR count). The van der Waals surface area contributed by atoms with E-state index in [0.29, 0.717) is 32.6 Å². The Balaban J connectivity index is 1.44. The Labute approximate surface area is 140 Å². The summed E-state index contributed by atoms with van der Waals surface area (Å²) in [4.78, 5) is 8.98. The summed E-state index contributed by atoms with van der Waals surface area (Å²) in [6.45, 7) is 6.15. The van der Waals surface area contributed by atoms with E-state index < -0.39 is 11.3 Å². The van der Waals surface area contributed by atoms with E-state index in [-0.39, 0.29) is 6.42 Å². The number of halogens is 2. The second-order valence-electron chi connectivity index (χ2n) is 7.73. The van der Waals surface area contributed by atoms with Crippen LogP contribution in [0.1, 0.15) is 36.4 Å². The highest BCUT2D eigenvalue weighted by molar-refractivity contribution is 7.09. The van der Waals surface area contributed by atoms with Crippen molar-refractivity contribution < 1.29 is 8.78 Å². The molecule has 1 spiro atoms. The molecule has 1 saturated carbocycles. The Hall–Kier alpha value is -0.590. The van der Waals surface area contributed by atoms with E-state index in [2.05, 4.69) is 20.2 Å². The molecule has 23 heavy (non-hydrogen) atoms. The molecule has 1 aromatic rings. The lowest BCUT2D eigenvalue weighted by molar-refractivity contribution is -0.162. The van der Waals surface area contributed by atoms with Gasteiger partial charge in [0.1, 0.15) is 0 Å². The van der Waals surface area contributed by atoms with Gasteiger partial charge in [-0.25, -0.2) is 13.8 Å². The molecule has 0 radical (unpaired) electrons. The van der Waals surface area contributed by atoms with Crippen LogP contribution in [0.5, 0.6) is 0 Å². The normalized spacial score (nSPS) is 32.0. The van der Waals surface area contributed by atoms with Crippen LogP contribution in [0.2, 0.25) is 0 Å². The van der Waals surface area contributed by atoms with E-state index in [1.54, 1.807) is 11.3 Å². The molecule has 0 bridgehead atoms. The van der Waals surface area contributed by atoms with Crippen molar-refractivity contribution >= 4 is 11.3 Å². The summed E-state index contributed by atoms with van der Waals surface area (Å²) >= 11 is 1.63. The smallest absolute Gasteiger partial charge is 0.257 e. The van der Waals surface area contributed by atoms with Crippen LogP contribution >= 0.6 is 11.3 Å². The standard InChI is InChI=1S/C17H25F2N3S/c1-13-20-15(10-23-13)9-22-6-4-16(12-22)11-21(8-14-2-3-14)7-5-17(16,18)19/h10,14H,2-9,11-12H2,1H3/t16-/m1/s1. The number of rotatable bonds is 4. The lowest BCUT2D eigenvalue weighted by Crippen LogP contribution is -2.57. The molecular weight excluding hydrogens is 316 g/mol. The second kappa shape index (κ2) is 5.74. The Kier molecular flexibility index (Phi) is 3.97. The maximum atomic E-state index is 14.7. The lowest BCUT2D eigenvalue weighted by Gasteiger charge is -2.46. The van der Waals surface area contributed by atoms with Gasteiger partial charge in [-0.05, 0) is 38.6 Å². The van der Waals surface area contributed by atoms with Crippen LogP contribution in [0.4, 0.5) is 8.78 Å². The van der Waals surface area contributed by atoms with E-state index in [1.807, 2.05) is 6.92 Å². The fraction of sp³-hybridized carbons (Fsp3) is 0.824. The van der Waals surface area contributed by atoms with Crippen LogP contribution in [0, 0.1) is 18.3 Å². The molecule has 1 aromatic heterocycles. The molecule has 3 fully saturated rings. The molecule has 1 atom stereocenters. The second-order valence-corrected chi connectivity index (χ2v) is 8.79. The summed E-state index contributed by atoms with van der Waals surface area (Å²) < 4.78 is 29.5. The molecule has 3 aliphatic rings. The SMILES string of the molecule is Cc1nc(CN2CC[C@]3(C2)CN(CC2CC2)CCC3(F)F)cs1. The van der Waals surface area contributed by atoms with Crippen molar-refractivity contribution in [3.63, 3.8) is 0 Å². The molecule has 0 aromatic carbocycles. The van der Waals surface area contributed by atoms with Crippen LogP contribution in [0.15, 0.2) is 5.38 Å². The number of alkyl halides is 2. The first kappa shape index (κ1) is 15.9. The summed E-state index contributed by atoms with van der Waals surface area (Å²) in [5.41, 5.74) is 0.184. The first-order valence-electron chi connectivity index (χ1n) is 8.69. The van der Waals surface area contributed by atoms with Crippen molar-refractivity contribution in [1.82, 2.24) is 14.8 Å². The van der Waals surface area contributed by atoms with Gasteiger partial charge in [0.05, 0.1) is 16.1 Å². The van der Waals surface area contributed by atoms with E-state index in [4.69, 9.17) is 0 Å². The zero-order valence-electron chi connectivity index (χ0n) is 13.7. The molecule has 0 amide bonds. The highest BCUT2D eigenvalue weighted by Gasteiger charge is 2.59. The topological polar surface area (TPSA) is 19.4 Å². The molecule has 2 aliphatic heterocycles. The summed E-state index contributed by atoms with van der Waals surface area (Å²) in [6, 6.07) is 0. The Bertz CT molecular complexity index is 572. The minimum atomic E-state index is -2.53. The number of aromatic nitrogens is 1. The summed E-state index contributed by atoms with van der Waals surface area (Å²) in [5.74, 6) is -1.76. The molecule has 3 nitrogen and oxygen atoms in total. The zero-order chi connectivity index (χ0) is 16.1. The molecule has 0 N–H and O–H groups in total. The maximum Gasteiger partial charge on any atom is 0.257 e. The van der Waals surface area contributed by atoms with Crippen molar-refractivity contribution in [3.05, 3.63) is 16.1 Å². The van der Waals surface area contributed by atoms with Crippen LogP contribution in [-0.4, -0.2) is 53.4 Å². The van der Waals surface area contributed by atoms with Crippen LogP contribution < -0.4 is 0 Å². The average molecular weight is 341 g/mol. The van der Waals surface area contributed by atoms with Gasteiger partial charge in [0.25, 0.3) is 5.92 Å². The average Bonchev–Trinajstić information content (AvgIpc) is 3.07. The predicted molar refractivity (Wildman–Crippen MR) is 87.9 cm³/mol. The van der Waals surface area contributed by atoms with Gasteiger partial charge in [0, 0.05) is 44.5 Å². The lowest BCUT2D eigenvalue weighted by atomic mass is 9.75. The van der Waals surface area contributed by atoms with Crippen molar-refractivity contribution in [1.29, 1.82) is 0 Å². The summed E-state index contributed by atoms with van der Waals surface area (Å²) in [7, 11) is 0. The Morgan fingerprint density at radius 3 is 2.65 bits per heavy atom. The zero-order valence-corrected chi connectivity index (χ0v) is 14.5. The highest BCUT2D eigenvalue weighted by Crippen LogP contribution is 2.50. The Morgan fingerprint density at radius 1 is 1.22 bits per heavy atom. The Morgan fingerprint density at radius 2 is 1.96 bits per heavy atom. The number of nitrogens with zero attached hydrogens (tertiary/aromatic N) is 3. The third-order valence-electron chi connectivity index (χ3n) is 5.74. The van der Waals surface area contributed by atoms with Gasteiger partial charge < -0.3 is 4.90 Å². The van der Waals surface area contributed by atoms with E-state index >= 15 is 0 Å². The van der Waals surface area contributed by atoms with Gasteiger partial charge in [-0.2, -0.15) is 0 Å². The fourth-order valence-electron chi connectivity index (χ4n) is 4.24. The van der Waals surface area contributed by atoms with Gasteiger partial charge in [-0.15, -0.1) is 11.3 Å². The molecule has 1 aliphatic carbocycles. The molecular formula is C17H25F2N3S. The fourth-order valence-corrected chi connectivity index (χ4v) is 4.84. The summed E-state index contributed by atoms with van der Waals surface area (Å²) in [6.07, 6.45) is 3.22. The summed E-state index contributed by atoms with van der Waals surface area (Å²) in [5, 5.41) is 3.10. The van der Waals surface area contributed by atoms with Gasteiger partial charge in [-0.1, -0.05) is 0 Å². The van der Waals surface area contributed by atoms with Gasteiger partial charge in [0.2, 0.25) is 0 Å². The number of aryl methyl sites for hydroxylation is 1. The molecule has 3 heterocycles. The van der Waals surface area contributed by atoms with Crippen LogP contribution in [0.3, 0.4) is 0 Å². The van der Waals surface area contributed by atoms with E-state index in [1.165, 1.54) is 12.8 Å². The largest absolute Gasteiger partial charge is 0.302 e. The third-order valence-corrected chi connectivity index (χ3v) is 6.56. The van der Waals surface area contributed by atoms with E-state index in [9.17, 15) is 8.78 Å². The van der Waals surface area contributed by atoms with Gasteiger partial charge in [0.15, 0.2) is 0 Å². The van der Waals surface area contributed by atoms with Crippen molar-refractivity contribution in [2.75, 3.05) is 32.7 Å². The maximum absolute atomic E-state index is 14.7. The quantitative estimate of drug-likeness (QED) is 0.837. The van der Waals surface area contributed by atoms with Gasteiger partial charge >= 0.3 is 0 Å². The predicted octanol–water partition coefficient (Wildman–Crippen LogP) is 3.39. The highest BCUT2D eigenvalue weighted by atomic mass is 32.1. The van der Waals surface area contributed by atoms with Gasteiger partial charge in [-0.3, -0.25) is 4.90 Å². The van der Waals surface area contributed by atoms with Crippen LogP contribution in [-0.2, 0) is 6.54 Å². The number of piperidine rings is 1.